The minimum atomic E-state index is -1.24. The van der Waals surface area contributed by atoms with Crippen LogP contribution in [0.5, 0.6) is 5.75 Å². The topological polar surface area (TPSA) is 79.4 Å². The maximum absolute atomic E-state index is 12.1. The van der Waals surface area contributed by atoms with Crippen molar-refractivity contribution < 1.29 is 14.6 Å². The molecular formula is C14H15NO4. The van der Waals surface area contributed by atoms with Crippen molar-refractivity contribution in [3.8, 4) is 5.75 Å². The van der Waals surface area contributed by atoms with Crippen LogP contribution in [0.3, 0.4) is 0 Å². The molecule has 0 unspecified atom stereocenters. The van der Waals surface area contributed by atoms with Crippen molar-refractivity contribution in [1.29, 1.82) is 0 Å². The molecule has 0 fully saturated rings. The molecule has 100 valence electrons. The molecule has 2 aromatic rings. The summed E-state index contributed by atoms with van der Waals surface area (Å²) < 4.78 is 5.56. The Morgan fingerprint density at radius 1 is 1.37 bits per heavy atom. The highest BCUT2D eigenvalue weighted by Gasteiger charge is 2.13. The second kappa shape index (κ2) is 4.76. The number of nitrogens with one attached hydrogen (secondary N) is 1. The maximum atomic E-state index is 12.1. The summed E-state index contributed by atoms with van der Waals surface area (Å²) in [5.41, 5.74) is 0.695. The molecule has 0 aliphatic carbocycles. The third kappa shape index (κ3) is 2.45. The van der Waals surface area contributed by atoms with Crippen LogP contribution in [0.4, 0.5) is 0 Å². The number of aromatic amines is 1. The molecule has 1 heterocycles. The van der Waals surface area contributed by atoms with E-state index in [1.165, 1.54) is 6.20 Å². The van der Waals surface area contributed by atoms with Crippen molar-refractivity contribution in [2.45, 2.75) is 26.9 Å². The summed E-state index contributed by atoms with van der Waals surface area (Å²) >= 11 is 0. The van der Waals surface area contributed by atoms with Gasteiger partial charge in [0.2, 0.25) is 5.43 Å². The fourth-order valence-electron chi connectivity index (χ4n) is 1.98. The quantitative estimate of drug-likeness (QED) is 0.888. The lowest BCUT2D eigenvalue weighted by molar-refractivity contribution is 0.0695. The standard InChI is InChI=1S/C14H15NO4/c1-7(2)19-9-4-8(3)12-10(5-9)13(16)11(6-15-12)14(17)18/h4-7H,1-3H3,(H,15,16)(H,17,18). The Labute approximate surface area is 109 Å². The maximum Gasteiger partial charge on any atom is 0.341 e. The van der Waals surface area contributed by atoms with Crippen LogP contribution in [-0.4, -0.2) is 22.2 Å². The SMILES string of the molecule is Cc1cc(OC(C)C)cc2c(=O)c(C(=O)O)c[nH]c12. The van der Waals surface area contributed by atoms with Crippen molar-refractivity contribution in [2.75, 3.05) is 0 Å². The number of aromatic carboxylic acids is 1. The lowest BCUT2D eigenvalue weighted by atomic mass is 10.1. The number of H-pyrrole nitrogens is 1. The fourth-order valence-corrected chi connectivity index (χ4v) is 1.98. The number of aromatic nitrogens is 1. The van der Waals surface area contributed by atoms with Gasteiger partial charge in [0.25, 0.3) is 0 Å². The van der Waals surface area contributed by atoms with Crippen LogP contribution in [0.25, 0.3) is 10.9 Å². The van der Waals surface area contributed by atoms with E-state index < -0.39 is 11.4 Å². The molecule has 1 aromatic carbocycles. The molecule has 0 spiro atoms. The molecule has 0 aliphatic heterocycles. The van der Waals surface area contributed by atoms with E-state index in [-0.39, 0.29) is 11.7 Å². The number of ether oxygens (including phenoxy) is 1. The number of fused-ring (bicyclic) bond motifs is 1. The smallest absolute Gasteiger partial charge is 0.341 e. The summed E-state index contributed by atoms with van der Waals surface area (Å²) in [6.07, 6.45) is 1.21. The Bertz CT molecular complexity index is 700. The van der Waals surface area contributed by atoms with Crippen LogP contribution in [0.2, 0.25) is 0 Å². The molecule has 0 aliphatic rings. The van der Waals surface area contributed by atoms with Gasteiger partial charge in [-0.3, -0.25) is 4.79 Å². The van der Waals surface area contributed by atoms with Crippen molar-refractivity contribution in [3.05, 3.63) is 39.7 Å². The molecule has 2 N–H and O–H groups in total. The van der Waals surface area contributed by atoms with Crippen LogP contribution in [-0.2, 0) is 0 Å². The zero-order chi connectivity index (χ0) is 14.2. The first-order valence-corrected chi connectivity index (χ1v) is 5.96. The Balaban J connectivity index is 2.73. The molecular weight excluding hydrogens is 246 g/mol. The summed E-state index contributed by atoms with van der Waals surface area (Å²) in [4.78, 5) is 25.9. The Kier molecular flexibility index (Phi) is 3.29. The number of rotatable bonds is 3. The molecule has 19 heavy (non-hydrogen) atoms. The molecule has 5 heteroatoms. The van der Waals surface area contributed by atoms with E-state index in [1.54, 1.807) is 6.07 Å². The van der Waals surface area contributed by atoms with E-state index in [9.17, 15) is 9.59 Å². The average molecular weight is 261 g/mol. The van der Waals surface area contributed by atoms with Crippen molar-refractivity contribution >= 4 is 16.9 Å². The largest absolute Gasteiger partial charge is 0.491 e. The van der Waals surface area contributed by atoms with E-state index in [0.717, 1.165) is 5.56 Å². The van der Waals surface area contributed by atoms with Gasteiger partial charge in [0.05, 0.1) is 17.0 Å². The lowest BCUT2D eigenvalue weighted by Gasteiger charge is -2.12. The van der Waals surface area contributed by atoms with E-state index in [2.05, 4.69) is 4.98 Å². The van der Waals surface area contributed by atoms with Gasteiger partial charge in [-0.25, -0.2) is 4.79 Å². The minimum absolute atomic E-state index is 0.0152. The van der Waals surface area contributed by atoms with Gasteiger partial charge in [-0.05, 0) is 38.5 Å². The molecule has 0 bridgehead atoms. The highest BCUT2D eigenvalue weighted by molar-refractivity contribution is 5.93. The van der Waals surface area contributed by atoms with Gasteiger partial charge < -0.3 is 14.8 Å². The number of hydrogen-bond acceptors (Lipinski definition) is 3. The van der Waals surface area contributed by atoms with Gasteiger partial charge in [-0.15, -0.1) is 0 Å². The first-order valence-electron chi connectivity index (χ1n) is 5.96. The van der Waals surface area contributed by atoms with Gasteiger partial charge >= 0.3 is 5.97 Å². The molecule has 2 rings (SSSR count). The number of carbonyl (C=O) groups is 1. The number of aryl methyl sites for hydroxylation is 1. The van der Waals surface area contributed by atoms with E-state index in [1.807, 2.05) is 26.8 Å². The van der Waals surface area contributed by atoms with Crippen LogP contribution in [0.1, 0.15) is 29.8 Å². The van der Waals surface area contributed by atoms with Crippen molar-refractivity contribution in [3.63, 3.8) is 0 Å². The summed E-state index contributed by atoms with van der Waals surface area (Å²) in [6.45, 7) is 5.61. The van der Waals surface area contributed by atoms with Crippen LogP contribution in [0, 0.1) is 6.92 Å². The summed E-state index contributed by atoms with van der Waals surface area (Å²) in [6, 6.07) is 3.40. The van der Waals surface area contributed by atoms with Crippen LogP contribution < -0.4 is 10.2 Å². The zero-order valence-corrected chi connectivity index (χ0v) is 11.0. The highest BCUT2D eigenvalue weighted by atomic mass is 16.5. The molecule has 5 nitrogen and oxygen atoms in total. The van der Waals surface area contributed by atoms with Gasteiger partial charge in [-0.2, -0.15) is 0 Å². The zero-order valence-electron chi connectivity index (χ0n) is 11.0. The minimum Gasteiger partial charge on any atom is -0.491 e. The molecule has 1 aromatic heterocycles. The fraction of sp³-hybridized carbons (Fsp3) is 0.286. The summed E-state index contributed by atoms with van der Waals surface area (Å²) in [5.74, 6) is -0.677. The van der Waals surface area contributed by atoms with Gasteiger partial charge in [-0.1, -0.05) is 0 Å². The Morgan fingerprint density at radius 3 is 2.63 bits per heavy atom. The number of carboxylic acid groups (broad SMARTS) is 1. The molecule has 0 amide bonds. The first kappa shape index (κ1) is 13.1. The Hall–Kier alpha value is -2.30. The number of hydrogen-bond donors (Lipinski definition) is 2. The third-order valence-corrected chi connectivity index (χ3v) is 2.76. The van der Waals surface area contributed by atoms with E-state index in [4.69, 9.17) is 9.84 Å². The molecule has 0 saturated heterocycles. The normalized spacial score (nSPS) is 10.9. The van der Waals surface area contributed by atoms with Crippen molar-refractivity contribution in [2.24, 2.45) is 0 Å². The summed E-state index contributed by atoms with van der Waals surface area (Å²) in [5, 5.41) is 9.29. The Morgan fingerprint density at radius 2 is 2.05 bits per heavy atom. The average Bonchev–Trinajstić information content (AvgIpc) is 2.29. The predicted octanol–water partition coefficient (Wildman–Crippen LogP) is 2.32. The van der Waals surface area contributed by atoms with Crippen molar-refractivity contribution in [1.82, 2.24) is 4.98 Å². The highest BCUT2D eigenvalue weighted by Crippen LogP contribution is 2.22. The van der Waals surface area contributed by atoms with Gasteiger partial charge in [0.15, 0.2) is 0 Å². The second-order valence-corrected chi connectivity index (χ2v) is 4.67. The lowest BCUT2D eigenvalue weighted by Crippen LogP contribution is -2.16. The monoisotopic (exact) mass is 261 g/mol. The molecule has 0 saturated carbocycles. The molecule has 0 radical (unpaired) electrons. The predicted molar refractivity (Wildman–Crippen MR) is 72.0 cm³/mol. The third-order valence-electron chi connectivity index (χ3n) is 2.76. The molecule has 0 atom stereocenters. The van der Waals surface area contributed by atoms with Crippen LogP contribution in [0.15, 0.2) is 23.1 Å². The number of carboxylic acids is 1. The van der Waals surface area contributed by atoms with E-state index in [0.29, 0.717) is 16.7 Å². The summed E-state index contributed by atoms with van der Waals surface area (Å²) in [7, 11) is 0. The number of pyridine rings is 1. The first-order chi connectivity index (χ1) is 8.90. The number of benzene rings is 1. The van der Waals surface area contributed by atoms with Gasteiger partial charge in [0.1, 0.15) is 11.3 Å². The second-order valence-electron chi connectivity index (χ2n) is 4.67. The van der Waals surface area contributed by atoms with E-state index >= 15 is 0 Å². The van der Waals surface area contributed by atoms with Crippen LogP contribution >= 0.6 is 0 Å². The van der Waals surface area contributed by atoms with Gasteiger partial charge in [0, 0.05) is 6.20 Å².